The standard InChI is InChI=1S/C16H12Cl2N2O4/c17-13-8-11(6-7-12(13)14(9-21)20(23)24)19-16(22)15(18)10-4-2-1-3-5-10/h1-9,14-15H,(H,19,22). The topological polar surface area (TPSA) is 89.3 Å². The maximum Gasteiger partial charge on any atom is 0.293 e. The molecule has 124 valence electrons. The van der Waals surface area contributed by atoms with E-state index >= 15 is 0 Å². The summed E-state index contributed by atoms with van der Waals surface area (Å²) in [7, 11) is 0. The number of hydrogen-bond donors (Lipinski definition) is 1. The van der Waals surface area contributed by atoms with Crippen LogP contribution in [0.15, 0.2) is 48.5 Å². The molecule has 0 aliphatic rings. The summed E-state index contributed by atoms with van der Waals surface area (Å²) in [4.78, 5) is 33.1. The van der Waals surface area contributed by atoms with Crippen molar-refractivity contribution in [2.24, 2.45) is 0 Å². The summed E-state index contributed by atoms with van der Waals surface area (Å²) >= 11 is 12.1. The highest BCUT2D eigenvalue weighted by molar-refractivity contribution is 6.33. The van der Waals surface area contributed by atoms with Crippen LogP contribution in [-0.4, -0.2) is 17.1 Å². The van der Waals surface area contributed by atoms with Crippen molar-refractivity contribution in [2.75, 3.05) is 5.32 Å². The molecule has 0 spiro atoms. The lowest BCUT2D eigenvalue weighted by molar-refractivity contribution is -0.511. The van der Waals surface area contributed by atoms with Crippen LogP contribution in [0.25, 0.3) is 0 Å². The number of halogens is 2. The first-order valence-corrected chi connectivity index (χ1v) is 7.63. The van der Waals surface area contributed by atoms with Crippen LogP contribution in [0, 0.1) is 10.1 Å². The number of nitrogens with one attached hydrogen (secondary N) is 1. The van der Waals surface area contributed by atoms with Gasteiger partial charge in [-0.2, -0.15) is 0 Å². The van der Waals surface area contributed by atoms with E-state index in [4.69, 9.17) is 23.2 Å². The summed E-state index contributed by atoms with van der Waals surface area (Å²) in [5, 5.41) is 12.5. The van der Waals surface area contributed by atoms with E-state index in [0.29, 0.717) is 11.3 Å². The van der Waals surface area contributed by atoms with Crippen molar-refractivity contribution < 1.29 is 14.5 Å². The van der Waals surface area contributed by atoms with E-state index in [1.54, 1.807) is 24.3 Å². The Morgan fingerprint density at radius 2 is 1.88 bits per heavy atom. The van der Waals surface area contributed by atoms with Crippen molar-refractivity contribution in [1.29, 1.82) is 0 Å². The molecule has 2 aromatic carbocycles. The Hall–Kier alpha value is -2.44. The van der Waals surface area contributed by atoms with Gasteiger partial charge in [0.2, 0.25) is 5.91 Å². The van der Waals surface area contributed by atoms with E-state index in [-0.39, 0.29) is 16.9 Å². The number of carbonyl (C=O) groups excluding carboxylic acids is 2. The maximum absolute atomic E-state index is 12.2. The number of amides is 1. The van der Waals surface area contributed by atoms with Gasteiger partial charge in [0.1, 0.15) is 5.38 Å². The number of benzene rings is 2. The van der Waals surface area contributed by atoms with Crippen LogP contribution in [0.2, 0.25) is 5.02 Å². The maximum atomic E-state index is 12.2. The monoisotopic (exact) mass is 366 g/mol. The average Bonchev–Trinajstić information content (AvgIpc) is 2.57. The van der Waals surface area contributed by atoms with Gasteiger partial charge in [-0.3, -0.25) is 19.7 Å². The summed E-state index contributed by atoms with van der Waals surface area (Å²) in [5.41, 5.74) is 1.01. The van der Waals surface area contributed by atoms with E-state index in [1.807, 2.05) is 6.07 Å². The number of hydrogen-bond acceptors (Lipinski definition) is 4. The molecule has 0 fully saturated rings. The van der Waals surface area contributed by atoms with Gasteiger partial charge in [-0.1, -0.05) is 41.9 Å². The molecule has 24 heavy (non-hydrogen) atoms. The highest BCUT2D eigenvalue weighted by atomic mass is 35.5. The molecule has 6 nitrogen and oxygen atoms in total. The number of rotatable bonds is 6. The minimum atomic E-state index is -1.55. The molecule has 0 saturated carbocycles. The van der Waals surface area contributed by atoms with Gasteiger partial charge in [0.05, 0.1) is 10.6 Å². The zero-order valence-electron chi connectivity index (χ0n) is 12.2. The largest absolute Gasteiger partial charge is 0.324 e. The summed E-state index contributed by atoms with van der Waals surface area (Å²) in [6.07, 6.45) is 0.198. The van der Waals surface area contributed by atoms with Crippen molar-refractivity contribution >= 4 is 41.1 Å². The van der Waals surface area contributed by atoms with E-state index in [9.17, 15) is 19.7 Å². The second-order valence-electron chi connectivity index (χ2n) is 4.87. The van der Waals surface area contributed by atoms with Gasteiger partial charge in [-0.25, -0.2) is 0 Å². The first-order chi connectivity index (χ1) is 11.4. The number of carbonyl (C=O) groups is 2. The third kappa shape index (κ3) is 4.10. The van der Waals surface area contributed by atoms with Gasteiger partial charge in [-0.05, 0) is 23.8 Å². The van der Waals surface area contributed by atoms with Crippen LogP contribution >= 0.6 is 23.2 Å². The van der Waals surface area contributed by atoms with Gasteiger partial charge in [0.25, 0.3) is 6.04 Å². The van der Waals surface area contributed by atoms with E-state index in [1.165, 1.54) is 18.2 Å². The molecule has 0 heterocycles. The smallest absolute Gasteiger partial charge is 0.293 e. The van der Waals surface area contributed by atoms with Crippen LogP contribution in [0.3, 0.4) is 0 Å². The second kappa shape index (κ2) is 7.90. The molecule has 0 aliphatic heterocycles. The number of alkyl halides is 1. The first-order valence-electron chi connectivity index (χ1n) is 6.82. The first kappa shape index (κ1) is 17.9. The molecule has 2 unspecified atom stereocenters. The lowest BCUT2D eigenvalue weighted by atomic mass is 10.1. The Balaban J connectivity index is 2.16. The van der Waals surface area contributed by atoms with Crippen LogP contribution in [0.4, 0.5) is 5.69 Å². The van der Waals surface area contributed by atoms with E-state index < -0.39 is 22.2 Å². The van der Waals surface area contributed by atoms with Gasteiger partial charge in [0.15, 0.2) is 6.29 Å². The fraction of sp³-hybridized carbons (Fsp3) is 0.125. The number of anilines is 1. The zero-order valence-corrected chi connectivity index (χ0v) is 13.7. The molecule has 8 heteroatoms. The average molecular weight is 367 g/mol. The molecule has 1 N–H and O–H groups in total. The molecule has 0 saturated heterocycles. The van der Waals surface area contributed by atoms with Crippen LogP contribution in [0.1, 0.15) is 22.5 Å². The number of aldehydes is 1. The fourth-order valence-electron chi connectivity index (χ4n) is 2.06. The Bertz CT molecular complexity index is 768. The minimum Gasteiger partial charge on any atom is -0.324 e. The SMILES string of the molecule is O=CC(c1ccc(NC(=O)C(Cl)c2ccccc2)cc1Cl)[N+](=O)[O-]. The Labute approximate surface area is 147 Å². The van der Waals surface area contributed by atoms with E-state index in [2.05, 4.69) is 5.32 Å². The van der Waals surface area contributed by atoms with Gasteiger partial charge in [-0.15, -0.1) is 11.6 Å². The summed E-state index contributed by atoms with van der Waals surface area (Å²) in [6.45, 7) is 0. The van der Waals surface area contributed by atoms with Crippen molar-refractivity contribution in [3.05, 3.63) is 74.8 Å². The highest BCUT2D eigenvalue weighted by Gasteiger charge is 2.25. The molecule has 1 amide bonds. The minimum absolute atomic E-state index is 0.00688. The quantitative estimate of drug-likeness (QED) is 0.364. The molecule has 2 atom stereocenters. The van der Waals surface area contributed by atoms with Crippen molar-refractivity contribution in [2.45, 2.75) is 11.4 Å². The van der Waals surface area contributed by atoms with Crippen molar-refractivity contribution in [1.82, 2.24) is 0 Å². The molecule has 2 rings (SSSR count). The van der Waals surface area contributed by atoms with E-state index in [0.717, 1.165) is 0 Å². The third-order valence-corrected chi connectivity index (χ3v) is 4.04. The molecule has 0 radical (unpaired) electrons. The third-order valence-electron chi connectivity index (χ3n) is 3.27. The molecular weight excluding hydrogens is 355 g/mol. The van der Waals surface area contributed by atoms with Crippen LogP contribution < -0.4 is 5.32 Å². The van der Waals surface area contributed by atoms with Crippen molar-refractivity contribution in [3.8, 4) is 0 Å². The predicted molar refractivity (Wildman–Crippen MR) is 90.9 cm³/mol. The highest BCUT2D eigenvalue weighted by Crippen LogP contribution is 2.28. The Kier molecular flexibility index (Phi) is 5.89. The second-order valence-corrected chi connectivity index (χ2v) is 5.71. The molecule has 0 bridgehead atoms. The molecule has 0 aromatic heterocycles. The van der Waals surface area contributed by atoms with Gasteiger partial charge >= 0.3 is 0 Å². The lowest BCUT2D eigenvalue weighted by Gasteiger charge is -2.12. The predicted octanol–water partition coefficient (Wildman–Crippen LogP) is 3.78. The molecular formula is C16H12Cl2N2O4. The van der Waals surface area contributed by atoms with Crippen LogP contribution in [-0.2, 0) is 9.59 Å². The Morgan fingerprint density at radius 3 is 2.42 bits per heavy atom. The lowest BCUT2D eigenvalue weighted by Crippen LogP contribution is -2.17. The number of nitrogens with zero attached hydrogens (tertiary/aromatic N) is 1. The molecule has 0 aliphatic carbocycles. The number of nitro groups is 1. The zero-order chi connectivity index (χ0) is 17.7. The summed E-state index contributed by atoms with van der Waals surface area (Å²) in [6, 6.07) is 11.3. The van der Waals surface area contributed by atoms with Crippen molar-refractivity contribution in [3.63, 3.8) is 0 Å². The summed E-state index contributed by atoms with van der Waals surface area (Å²) < 4.78 is 0. The Morgan fingerprint density at radius 1 is 1.21 bits per heavy atom. The normalized spacial score (nSPS) is 12.9. The van der Waals surface area contributed by atoms with Gasteiger partial charge < -0.3 is 5.32 Å². The van der Waals surface area contributed by atoms with Gasteiger partial charge in [0, 0.05) is 10.6 Å². The molecule has 2 aromatic rings. The summed E-state index contributed by atoms with van der Waals surface area (Å²) in [5.74, 6) is -0.465. The fourth-order valence-corrected chi connectivity index (χ4v) is 2.55. The van der Waals surface area contributed by atoms with Crippen LogP contribution in [0.5, 0.6) is 0 Å².